The van der Waals surface area contributed by atoms with Crippen molar-refractivity contribution in [1.29, 1.82) is 0 Å². The topological polar surface area (TPSA) is 80.1 Å². The van der Waals surface area contributed by atoms with Crippen molar-refractivity contribution in [1.82, 2.24) is 19.7 Å². The quantitative estimate of drug-likeness (QED) is 0.530. The van der Waals surface area contributed by atoms with E-state index >= 15 is 0 Å². The van der Waals surface area contributed by atoms with Crippen LogP contribution in [0.2, 0.25) is 0 Å². The van der Waals surface area contributed by atoms with E-state index in [-0.39, 0.29) is 17.7 Å². The van der Waals surface area contributed by atoms with Crippen LogP contribution in [0.5, 0.6) is 0 Å². The average molecular weight is 464 g/mol. The maximum absolute atomic E-state index is 12.8. The van der Waals surface area contributed by atoms with Crippen molar-refractivity contribution in [3.63, 3.8) is 0 Å². The molecule has 7 nitrogen and oxygen atoms in total. The van der Waals surface area contributed by atoms with E-state index in [1.165, 1.54) is 11.8 Å². The zero-order chi connectivity index (χ0) is 23.2. The van der Waals surface area contributed by atoms with Crippen molar-refractivity contribution in [2.24, 2.45) is 5.92 Å². The van der Waals surface area contributed by atoms with Crippen LogP contribution in [0.1, 0.15) is 25.3 Å². The van der Waals surface area contributed by atoms with E-state index in [0.29, 0.717) is 31.7 Å². The molecule has 4 rings (SSSR count). The van der Waals surface area contributed by atoms with E-state index < -0.39 is 0 Å². The van der Waals surface area contributed by atoms with Gasteiger partial charge in [0.2, 0.25) is 11.8 Å². The molecule has 0 aliphatic carbocycles. The zero-order valence-corrected chi connectivity index (χ0v) is 19.8. The highest BCUT2D eigenvalue weighted by molar-refractivity contribution is 7.99. The van der Waals surface area contributed by atoms with Gasteiger partial charge in [-0.3, -0.25) is 9.59 Å². The molecule has 0 radical (unpaired) electrons. The molecule has 172 valence electrons. The van der Waals surface area contributed by atoms with Crippen LogP contribution in [-0.4, -0.2) is 50.3 Å². The molecule has 1 saturated heterocycles. The van der Waals surface area contributed by atoms with E-state index in [9.17, 15) is 9.59 Å². The minimum Gasteiger partial charge on any atom is -0.342 e. The van der Waals surface area contributed by atoms with Gasteiger partial charge in [0.15, 0.2) is 11.0 Å². The van der Waals surface area contributed by atoms with Crippen LogP contribution in [0.3, 0.4) is 0 Å². The van der Waals surface area contributed by atoms with Crippen molar-refractivity contribution in [3.05, 3.63) is 60.2 Å². The molecule has 0 unspecified atom stereocenters. The number of nitrogens with zero attached hydrogens (tertiary/aromatic N) is 4. The average Bonchev–Trinajstić information content (AvgIpc) is 3.26. The highest BCUT2D eigenvalue weighted by Crippen LogP contribution is 2.27. The fraction of sp³-hybridized carbons (Fsp3) is 0.360. The molecule has 1 N–H and O–H groups in total. The summed E-state index contributed by atoms with van der Waals surface area (Å²) in [6, 6.07) is 17.6. The Kier molecular flexibility index (Phi) is 7.44. The second kappa shape index (κ2) is 10.7. The van der Waals surface area contributed by atoms with Crippen LogP contribution < -0.4 is 5.32 Å². The van der Waals surface area contributed by atoms with Crippen LogP contribution in [-0.2, 0) is 16.1 Å². The summed E-state index contributed by atoms with van der Waals surface area (Å²) < 4.78 is 2.06. The summed E-state index contributed by atoms with van der Waals surface area (Å²) >= 11 is 1.42. The Morgan fingerprint density at radius 2 is 1.73 bits per heavy atom. The first-order chi connectivity index (χ1) is 16.1. The van der Waals surface area contributed by atoms with Crippen LogP contribution in [0.4, 0.5) is 5.69 Å². The maximum atomic E-state index is 12.8. The first kappa shape index (κ1) is 23.0. The molecule has 0 spiro atoms. The van der Waals surface area contributed by atoms with Crippen molar-refractivity contribution in [2.45, 2.75) is 38.4 Å². The molecule has 1 fully saturated rings. The first-order valence-electron chi connectivity index (χ1n) is 11.3. The molecule has 2 aromatic carbocycles. The van der Waals surface area contributed by atoms with Gasteiger partial charge in [-0.1, -0.05) is 54.2 Å². The Morgan fingerprint density at radius 1 is 1.03 bits per heavy atom. The number of amides is 2. The van der Waals surface area contributed by atoms with Gasteiger partial charge in [-0.05, 0) is 44.4 Å². The van der Waals surface area contributed by atoms with Crippen LogP contribution in [0.25, 0.3) is 11.4 Å². The fourth-order valence-corrected chi connectivity index (χ4v) is 4.98. The maximum Gasteiger partial charge on any atom is 0.233 e. The molecule has 33 heavy (non-hydrogen) atoms. The van der Waals surface area contributed by atoms with Gasteiger partial charge in [-0.25, -0.2) is 0 Å². The lowest BCUT2D eigenvalue weighted by molar-refractivity contribution is -0.132. The normalized spacial score (nSPS) is 14.3. The van der Waals surface area contributed by atoms with Gasteiger partial charge in [-0.15, -0.1) is 10.2 Å². The highest BCUT2D eigenvalue weighted by Gasteiger charge is 2.27. The number of hydrogen-bond donors (Lipinski definition) is 1. The second-order valence-corrected chi connectivity index (χ2v) is 9.11. The van der Waals surface area contributed by atoms with E-state index in [1.54, 1.807) is 0 Å². The van der Waals surface area contributed by atoms with Gasteiger partial charge in [0.25, 0.3) is 0 Å². The van der Waals surface area contributed by atoms with Crippen molar-refractivity contribution >= 4 is 29.3 Å². The van der Waals surface area contributed by atoms with E-state index in [4.69, 9.17) is 0 Å². The summed E-state index contributed by atoms with van der Waals surface area (Å²) in [4.78, 5) is 27.2. The summed E-state index contributed by atoms with van der Waals surface area (Å²) in [6.07, 6.45) is 1.36. The molecule has 1 aromatic heterocycles. The largest absolute Gasteiger partial charge is 0.342 e. The number of piperidine rings is 1. The molecule has 8 heteroatoms. The minimum atomic E-state index is -0.0678. The fourth-order valence-electron chi connectivity index (χ4n) is 4.08. The van der Waals surface area contributed by atoms with Crippen molar-refractivity contribution in [2.75, 3.05) is 24.2 Å². The van der Waals surface area contributed by atoms with Gasteiger partial charge in [0.1, 0.15) is 0 Å². The number of thioether (sulfide) groups is 1. The smallest absolute Gasteiger partial charge is 0.233 e. The van der Waals surface area contributed by atoms with Crippen molar-refractivity contribution < 1.29 is 9.59 Å². The number of aryl methyl sites for hydroxylation is 1. The SMILES string of the molecule is CCn1c(SCC(=O)N2CCC(C(=O)Nc3ccccc3)CC2)nnc1-c1ccccc1C. The number of carbonyl (C=O) groups excluding carboxylic acids is 2. The second-order valence-electron chi connectivity index (χ2n) is 8.16. The number of aromatic nitrogens is 3. The summed E-state index contributed by atoms with van der Waals surface area (Å²) in [5.41, 5.74) is 3.01. The van der Waals surface area contributed by atoms with E-state index in [2.05, 4.69) is 40.0 Å². The molecule has 0 saturated carbocycles. The molecule has 1 aliphatic rings. The number of para-hydroxylation sites is 1. The molecule has 2 amide bonds. The number of benzene rings is 2. The van der Waals surface area contributed by atoms with Crippen LogP contribution in [0, 0.1) is 12.8 Å². The van der Waals surface area contributed by atoms with Crippen LogP contribution >= 0.6 is 11.8 Å². The van der Waals surface area contributed by atoms with Crippen molar-refractivity contribution in [3.8, 4) is 11.4 Å². The summed E-state index contributed by atoms with van der Waals surface area (Å²) in [5.74, 6) is 1.18. The zero-order valence-electron chi connectivity index (χ0n) is 19.0. The predicted octanol–water partition coefficient (Wildman–Crippen LogP) is 4.24. The molecule has 1 aliphatic heterocycles. The van der Waals surface area contributed by atoms with Crippen LogP contribution in [0.15, 0.2) is 59.8 Å². The lowest BCUT2D eigenvalue weighted by atomic mass is 9.96. The molecule has 0 atom stereocenters. The molecule has 2 heterocycles. The highest BCUT2D eigenvalue weighted by atomic mass is 32.2. The summed E-state index contributed by atoms with van der Waals surface area (Å²) in [5, 5.41) is 12.5. The van der Waals surface area contributed by atoms with Gasteiger partial charge in [-0.2, -0.15) is 0 Å². The number of likely N-dealkylation sites (tertiary alicyclic amines) is 1. The lowest BCUT2D eigenvalue weighted by Crippen LogP contribution is -2.42. The molecular formula is C25H29N5O2S. The Labute approximate surface area is 198 Å². The Morgan fingerprint density at radius 3 is 2.42 bits per heavy atom. The standard InChI is InChI=1S/C25H29N5O2S/c1-3-30-23(21-12-8-7-9-18(21)2)27-28-25(30)33-17-22(31)29-15-13-19(14-16-29)24(32)26-20-10-5-4-6-11-20/h4-12,19H,3,13-17H2,1-2H3,(H,26,32). The Balaban J connectivity index is 1.30. The summed E-state index contributed by atoms with van der Waals surface area (Å²) in [6.45, 7) is 6.05. The third-order valence-electron chi connectivity index (χ3n) is 6.00. The Bertz CT molecular complexity index is 1110. The third kappa shape index (κ3) is 5.45. The number of anilines is 1. The molecular weight excluding hydrogens is 434 g/mol. The van der Waals surface area contributed by atoms with E-state index in [0.717, 1.165) is 34.3 Å². The first-order valence-corrected chi connectivity index (χ1v) is 12.3. The molecule has 0 bridgehead atoms. The number of carbonyl (C=O) groups is 2. The summed E-state index contributed by atoms with van der Waals surface area (Å²) in [7, 11) is 0. The molecule has 3 aromatic rings. The van der Waals surface area contributed by atoms with E-state index in [1.807, 2.05) is 53.4 Å². The predicted molar refractivity (Wildman–Crippen MR) is 131 cm³/mol. The third-order valence-corrected chi connectivity index (χ3v) is 6.96. The van der Waals surface area contributed by atoms with Gasteiger partial charge in [0.05, 0.1) is 5.75 Å². The monoisotopic (exact) mass is 463 g/mol. The van der Waals surface area contributed by atoms with Gasteiger partial charge < -0.3 is 14.8 Å². The Hall–Kier alpha value is -3.13. The minimum absolute atomic E-state index is 0.0301. The van der Waals surface area contributed by atoms with Gasteiger partial charge >= 0.3 is 0 Å². The number of nitrogens with one attached hydrogen (secondary N) is 1. The number of rotatable bonds is 7. The lowest BCUT2D eigenvalue weighted by Gasteiger charge is -2.31. The number of hydrogen-bond acceptors (Lipinski definition) is 5. The van der Waals surface area contributed by atoms with Gasteiger partial charge in [0, 0.05) is 36.8 Å².